The Morgan fingerprint density at radius 3 is 2.50 bits per heavy atom. The lowest BCUT2D eigenvalue weighted by molar-refractivity contribution is 0.124. The minimum absolute atomic E-state index is 0.0285. The molecule has 0 spiro atoms. The molecule has 22 heavy (non-hydrogen) atoms. The Hall–Kier alpha value is -1.10. The zero-order valence-corrected chi connectivity index (χ0v) is 14.6. The van der Waals surface area contributed by atoms with Crippen LogP contribution in [0.4, 0.5) is 0 Å². The Labute approximate surface area is 135 Å². The molecule has 0 fully saturated rings. The van der Waals surface area contributed by atoms with E-state index in [9.17, 15) is 5.11 Å². The van der Waals surface area contributed by atoms with E-state index in [1.165, 1.54) is 5.56 Å². The van der Waals surface area contributed by atoms with Crippen molar-refractivity contribution in [3.8, 4) is 5.75 Å². The molecule has 2 unspecified atom stereocenters. The number of rotatable bonds is 8. The van der Waals surface area contributed by atoms with Gasteiger partial charge in [-0.05, 0) is 49.5 Å². The fourth-order valence-electron chi connectivity index (χ4n) is 2.45. The molecule has 4 heteroatoms. The number of nitrogens with one attached hydrogen (secondary N) is 1. The Kier molecular flexibility index (Phi) is 7.33. The first-order valence-electron chi connectivity index (χ1n) is 8.17. The molecule has 0 aliphatic rings. The molecular weight excluding hydrogens is 276 g/mol. The maximum absolute atomic E-state index is 10.8. The highest BCUT2D eigenvalue weighted by molar-refractivity contribution is 5.41. The van der Waals surface area contributed by atoms with Crippen LogP contribution in [0.5, 0.6) is 5.75 Å². The quantitative estimate of drug-likeness (QED) is 0.691. The monoisotopic (exact) mass is 308 g/mol. The first kappa shape index (κ1) is 18.9. The predicted molar refractivity (Wildman–Crippen MR) is 92.4 cm³/mol. The van der Waals surface area contributed by atoms with Gasteiger partial charge in [0, 0.05) is 11.6 Å². The number of hydrogen-bond acceptors (Lipinski definition) is 4. The van der Waals surface area contributed by atoms with Crippen LogP contribution in [0.25, 0.3) is 0 Å². The van der Waals surface area contributed by atoms with Crippen LogP contribution in [0.15, 0.2) is 18.2 Å². The van der Waals surface area contributed by atoms with E-state index in [0.29, 0.717) is 19.6 Å². The first-order chi connectivity index (χ1) is 10.3. The third kappa shape index (κ3) is 4.97. The van der Waals surface area contributed by atoms with E-state index in [2.05, 4.69) is 45.1 Å². The molecule has 4 nitrogen and oxygen atoms in total. The van der Waals surface area contributed by atoms with Crippen molar-refractivity contribution >= 4 is 0 Å². The van der Waals surface area contributed by atoms with Crippen LogP contribution in [-0.4, -0.2) is 31.3 Å². The molecule has 1 aromatic rings. The van der Waals surface area contributed by atoms with Gasteiger partial charge in [0.2, 0.25) is 0 Å². The lowest BCUT2D eigenvalue weighted by Crippen LogP contribution is -2.34. The van der Waals surface area contributed by atoms with E-state index in [4.69, 9.17) is 10.5 Å². The molecule has 126 valence electrons. The van der Waals surface area contributed by atoms with Crippen molar-refractivity contribution in [3.05, 3.63) is 29.3 Å². The Bertz CT molecular complexity index is 455. The Balaban J connectivity index is 3.19. The average molecular weight is 308 g/mol. The lowest BCUT2D eigenvalue weighted by Gasteiger charge is -2.27. The van der Waals surface area contributed by atoms with Crippen LogP contribution in [0, 0.1) is 0 Å². The second kappa shape index (κ2) is 8.51. The van der Waals surface area contributed by atoms with Crippen molar-refractivity contribution in [2.24, 2.45) is 5.73 Å². The van der Waals surface area contributed by atoms with E-state index >= 15 is 0 Å². The zero-order chi connectivity index (χ0) is 16.8. The van der Waals surface area contributed by atoms with Crippen molar-refractivity contribution in [3.63, 3.8) is 0 Å². The fraction of sp³-hybridized carbons (Fsp3) is 0.667. The number of aliphatic hydroxyl groups excluding tert-OH is 1. The minimum Gasteiger partial charge on any atom is -0.493 e. The summed E-state index contributed by atoms with van der Waals surface area (Å²) in [6.07, 6.45) is 1.02. The molecule has 0 amide bonds. The number of ether oxygens (including phenoxy) is 1. The van der Waals surface area contributed by atoms with Crippen LogP contribution in [0.3, 0.4) is 0 Å². The third-order valence-corrected chi connectivity index (χ3v) is 3.89. The van der Waals surface area contributed by atoms with Gasteiger partial charge in [0.1, 0.15) is 5.75 Å². The zero-order valence-electron chi connectivity index (χ0n) is 14.6. The van der Waals surface area contributed by atoms with Crippen molar-refractivity contribution in [1.82, 2.24) is 5.32 Å². The summed E-state index contributed by atoms with van der Waals surface area (Å²) in [5, 5.41) is 13.9. The molecule has 0 aliphatic heterocycles. The molecule has 0 aromatic heterocycles. The predicted octanol–water partition coefficient (Wildman–Crippen LogP) is 2.74. The Morgan fingerprint density at radius 2 is 2.00 bits per heavy atom. The number of nitrogens with two attached hydrogens (primary N) is 1. The molecule has 0 bridgehead atoms. The molecule has 0 saturated heterocycles. The van der Waals surface area contributed by atoms with Crippen molar-refractivity contribution in [2.45, 2.75) is 58.1 Å². The highest BCUT2D eigenvalue weighted by Gasteiger charge is 2.24. The highest BCUT2D eigenvalue weighted by Crippen LogP contribution is 2.33. The second-order valence-electron chi connectivity index (χ2n) is 6.77. The van der Waals surface area contributed by atoms with Crippen LogP contribution < -0.4 is 15.8 Å². The number of likely N-dealkylation sites (N-methyl/N-ethyl adjacent to an activating group) is 1. The van der Waals surface area contributed by atoms with Gasteiger partial charge in [-0.1, -0.05) is 33.8 Å². The van der Waals surface area contributed by atoms with Gasteiger partial charge in [-0.15, -0.1) is 0 Å². The maximum atomic E-state index is 10.8. The van der Waals surface area contributed by atoms with Crippen LogP contribution in [-0.2, 0) is 5.41 Å². The summed E-state index contributed by atoms with van der Waals surface area (Å²) < 4.78 is 5.83. The molecule has 0 saturated carbocycles. The summed E-state index contributed by atoms with van der Waals surface area (Å²) in [6, 6.07) is 6.04. The minimum atomic E-state index is -0.636. The van der Waals surface area contributed by atoms with Gasteiger partial charge in [0.25, 0.3) is 0 Å². The van der Waals surface area contributed by atoms with Gasteiger partial charge < -0.3 is 20.9 Å². The maximum Gasteiger partial charge on any atom is 0.125 e. The molecule has 4 N–H and O–H groups in total. The molecule has 2 atom stereocenters. The van der Waals surface area contributed by atoms with Crippen molar-refractivity contribution in [2.75, 3.05) is 20.2 Å². The smallest absolute Gasteiger partial charge is 0.125 e. The summed E-state index contributed by atoms with van der Waals surface area (Å²) in [7, 11) is 1.85. The number of hydrogen-bond donors (Lipinski definition) is 3. The largest absolute Gasteiger partial charge is 0.493 e. The molecular formula is C18H32N2O2. The van der Waals surface area contributed by atoms with Gasteiger partial charge in [0.05, 0.1) is 12.7 Å². The van der Waals surface area contributed by atoms with Crippen molar-refractivity contribution < 1.29 is 9.84 Å². The topological polar surface area (TPSA) is 67.5 Å². The summed E-state index contributed by atoms with van der Waals surface area (Å²) >= 11 is 0. The van der Waals surface area contributed by atoms with Crippen molar-refractivity contribution in [1.29, 1.82) is 0 Å². The first-order valence-corrected chi connectivity index (χ1v) is 8.17. The molecule has 1 rings (SSSR count). The third-order valence-electron chi connectivity index (χ3n) is 3.89. The van der Waals surface area contributed by atoms with Crippen LogP contribution >= 0.6 is 0 Å². The second-order valence-corrected chi connectivity index (χ2v) is 6.77. The van der Waals surface area contributed by atoms with Gasteiger partial charge in [-0.3, -0.25) is 0 Å². The fourth-order valence-corrected chi connectivity index (χ4v) is 2.45. The average Bonchev–Trinajstić information content (AvgIpc) is 2.48. The number of benzene rings is 1. The molecule has 0 radical (unpaired) electrons. The van der Waals surface area contributed by atoms with Gasteiger partial charge in [0.15, 0.2) is 0 Å². The number of aliphatic hydroxyl groups is 1. The Morgan fingerprint density at radius 1 is 1.32 bits per heavy atom. The molecule has 0 aliphatic carbocycles. The summed E-state index contributed by atoms with van der Waals surface area (Å²) in [5.74, 6) is 0.764. The normalized spacial score (nSPS) is 14.7. The lowest BCUT2D eigenvalue weighted by atomic mass is 9.84. The van der Waals surface area contributed by atoms with Gasteiger partial charge in [-0.25, -0.2) is 0 Å². The van der Waals surface area contributed by atoms with Gasteiger partial charge >= 0.3 is 0 Å². The van der Waals surface area contributed by atoms with E-state index in [1.807, 2.05) is 13.1 Å². The van der Waals surface area contributed by atoms with E-state index < -0.39 is 6.10 Å². The van der Waals surface area contributed by atoms with E-state index in [1.54, 1.807) is 0 Å². The van der Waals surface area contributed by atoms with Crippen LogP contribution in [0.2, 0.25) is 0 Å². The van der Waals surface area contributed by atoms with E-state index in [0.717, 1.165) is 17.7 Å². The molecule has 0 heterocycles. The van der Waals surface area contributed by atoms with Crippen LogP contribution in [0.1, 0.15) is 57.8 Å². The standard InChI is InChI=1S/C18H32N2O2/c1-6-11-22-16-8-7-13(18(2,3)4)12-14(16)17(21)15(20-5)9-10-19/h7-8,12,15,17,20-21H,6,9-11,19H2,1-5H3. The SMILES string of the molecule is CCCOc1ccc(C(C)(C)C)cc1C(O)C(CCN)NC. The molecule has 1 aromatic carbocycles. The highest BCUT2D eigenvalue weighted by atomic mass is 16.5. The summed E-state index contributed by atoms with van der Waals surface area (Å²) in [5.41, 5.74) is 7.71. The summed E-state index contributed by atoms with van der Waals surface area (Å²) in [6.45, 7) is 9.76. The van der Waals surface area contributed by atoms with Gasteiger partial charge in [-0.2, -0.15) is 0 Å². The van der Waals surface area contributed by atoms with E-state index in [-0.39, 0.29) is 11.5 Å². The summed E-state index contributed by atoms with van der Waals surface area (Å²) in [4.78, 5) is 0.